The first-order chi connectivity index (χ1) is 9.99. The van der Waals surface area contributed by atoms with Gasteiger partial charge in [0.15, 0.2) is 11.6 Å². The Morgan fingerprint density at radius 3 is 2.48 bits per heavy atom. The van der Waals surface area contributed by atoms with E-state index in [0.29, 0.717) is 24.4 Å². The number of carbonyl (C=O) groups excluding carboxylic acids is 1. The molecule has 0 fully saturated rings. The zero-order valence-electron chi connectivity index (χ0n) is 10.7. The lowest BCUT2D eigenvalue weighted by Gasteiger charge is -2.08. The molecule has 1 aromatic carbocycles. The fraction of sp³-hybridized carbons (Fsp3) is 0.154. The number of rotatable bonds is 5. The summed E-state index contributed by atoms with van der Waals surface area (Å²) in [6.45, 7) is 0.171. The van der Waals surface area contributed by atoms with Crippen LogP contribution in [0.15, 0.2) is 24.5 Å². The van der Waals surface area contributed by atoms with Gasteiger partial charge >= 0.3 is 5.97 Å². The van der Waals surface area contributed by atoms with Crippen LogP contribution in [0.4, 0.5) is 8.78 Å². The fourth-order valence-electron chi connectivity index (χ4n) is 1.74. The molecule has 2 aromatic rings. The summed E-state index contributed by atoms with van der Waals surface area (Å²) in [6.07, 6.45) is 3.56. The maximum absolute atomic E-state index is 13.2. The first-order valence-corrected chi connectivity index (χ1v) is 5.98. The second kappa shape index (κ2) is 6.12. The Hall–Kier alpha value is -2.77. The quantitative estimate of drug-likeness (QED) is 0.776. The Morgan fingerprint density at radius 2 is 1.90 bits per heavy atom. The molecule has 0 saturated carbocycles. The number of hydrogen-bond acceptors (Lipinski definition) is 3. The smallest absolute Gasteiger partial charge is 0.336 e. The molecule has 0 aliphatic heterocycles. The summed E-state index contributed by atoms with van der Waals surface area (Å²) in [4.78, 5) is 29.6. The van der Waals surface area contributed by atoms with Crippen molar-refractivity contribution >= 4 is 11.9 Å². The Labute approximate surface area is 117 Å². The van der Waals surface area contributed by atoms with Crippen LogP contribution in [-0.2, 0) is 6.42 Å². The number of benzene rings is 1. The van der Waals surface area contributed by atoms with Crippen LogP contribution in [-0.4, -0.2) is 33.5 Å². The van der Waals surface area contributed by atoms with Gasteiger partial charge in [0, 0.05) is 25.4 Å². The van der Waals surface area contributed by atoms with E-state index in [1.54, 1.807) is 12.4 Å². The molecule has 0 unspecified atom stereocenters. The highest BCUT2D eigenvalue weighted by molar-refractivity contribution is 6.04. The highest BCUT2D eigenvalue weighted by Gasteiger charge is 2.20. The number of hydrogen-bond donors (Lipinski definition) is 3. The van der Waals surface area contributed by atoms with Crippen molar-refractivity contribution in [3.8, 4) is 0 Å². The monoisotopic (exact) mass is 295 g/mol. The van der Waals surface area contributed by atoms with Crippen LogP contribution >= 0.6 is 0 Å². The lowest BCUT2D eigenvalue weighted by atomic mass is 10.1. The van der Waals surface area contributed by atoms with Gasteiger partial charge in [0.2, 0.25) is 0 Å². The van der Waals surface area contributed by atoms with Gasteiger partial charge in [-0.3, -0.25) is 4.79 Å². The lowest BCUT2D eigenvalue weighted by molar-refractivity contribution is 0.0690. The van der Waals surface area contributed by atoms with Crippen molar-refractivity contribution in [1.82, 2.24) is 15.3 Å². The molecule has 1 amide bonds. The van der Waals surface area contributed by atoms with Gasteiger partial charge in [-0.15, -0.1) is 0 Å². The molecule has 0 atom stereocenters. The summed E-state index contributed by atoms with van der Waals surface area (Å²) < 4.78 is 26.2. The van der Waals surface area contributed by atoms with Crippen LogP contribution in [0.5, 0.6) is 0 Å². The van der Waals surface area contributed by atoms with E-state index in [0.717, 1.165) is 0 Å². The van der Waals surface area contributed by atoms with Crippen molar-refractivity contribution in [2.45, 2.75) is 6.42 Å². The van der Waals surface area contributed by atoms with E-state index in [1.807, 2.05) is 0 Å². The summed E-state index contributed by atoms with van der Waals surface area (Å²) in [5.74, 6) is -4.27. The zero-order valence-corrected chi connectivity index (χ0v) is 10.7. The molecular formula is C13H11F2N3O3. The first kappa shape index (κ1) is 14.6. The van der Waals surface area contributed by atoms with Gasteiger partial charge in [-0.05, 0) is 12.1 Å². The number of aromatic nitrogens is 2. The summed E-state index contributed by atoms with van der Waals surface area (Å²) in [5.41, 5.74) is -1.02. The molecule has 110 valence electrons. The molecule has 0 radical (unpaired) electrons. The van der Waals surface area contributed by atoms with Gasteiger partial charge < -0.3 is 15.4 Å². The van der Waals surface area contributed by atoms with Crippen molar-refractivity contribution in [1.29, 1.82) is 0 Å². The zero-order chi connectivity index (χ0) is 15.4. The van der Waals surface area contributed by atoms with Gasteiger partial charge in [-0.25, -0.2) is 18.6 Å². The lowest BCUT2D eigenvalue weighted by Crippen LogP contribution is -2.28. The number of aromatic carboxylic acids is 1. The Bertz CT molecular complexity index is 672. The fourth-order valence-corrected chi connectivity index (χ4v) is 1.74. The molecule has 0 aliphatic rings. The molecule has 6 nitrogen and oxygen atoms in total. The Kier molecular flexibility index (Phi) is 4.27. The minimum atomic E-state index is -1.51. The van der Waals surface area contributed by atoms with Gasteiger partial charge in [0.1, 0.15) is 5.82 Å². The molecule has 8 heteroatoms. The van der Waals surface area contributed by atoms with Gasteiger partial charge in [-0.1, -0.05) is 0 Å². The molecule has 2 rings (SSSR count). The number of carboxylic acids is 1. The van der Waals surface area contributed by atoms with Crippen LogP contribution in [0.2, 0.25) is 0 Å². The number of imidazole rings is 1. The van der Waals surface area contributed by atoms with E-state index in [-0.39, 0.29) is 6.54 Å². The predicted molar refractivity (Wildman–Crippen MR) is 67.9 cm³/mol. The molecule has 0 saturated heterocycles. The van der Waals surface area contributed by atoms with Crippen molar-refractivity contribution in [3.63, 3.8) is 0 Å². The number of aromatic amines is 1. The summed E-state index contributed by atoms with van der Waals surface area (Å²) in [7, 11) is 0. The van der Waals surface area contributed by atoms with E-state index < -0.39 is 34.6 Å². The van der Waals surface area contributed by atoms with Crippen molar-refractivity contribution < 1.29 is 23.5 Å². The third-order valence-corrected chi connectivity index (χ3v) is 2.74. The van der Waals surface area contributed by atoms with Crippen LogP contribution in [0.25, 0.3) is 0 Å². The highest BCUT2D eigenvalue weighted by atomic mass is 19.2. The average molecular weight is 295 g/mol. The number of nitrogens with one attached hydrogen (secondary N) is 2. The van der Waals surface area contributed by atoms with E-state index in [4.69, 9.17) is 5.11 Å². The first-order valence-electron chi connectivity index (χ1n) is 5.98. The van der Waals surface area contributed by atoms with Gasteiger partial charge in [0.25, 0.3) is 5.91 Å². The largest absolute Gasteiger partial charge is 0.478 e. The molecule has 0 bridgehead atoms. The number of nitrogens with zero attached hydrogens (tertiary/aromatic N) is 1. The summed E-state index contributed by atoms with van der Waals surface area (Å²) in [5, 5.41) is 11.3. The summed E-state index contributed by atoms with van der Waals surface area (Å²) >= 11 is 0. The minimum Gasteiger partial charge on any atom is -0.478 e. The van der Waals surface area contributed by atoms with E-state index >= 15 is 0 Å². The maximum Gasteiger partial charge on any atom is 0.336 e. The SMILES string of the molecule is O=C(O)c1cc(F)c(F)cc1C(=O)NCCc1ncc[nH]1. The molecule has 0 spiro atoms. The van der Waals surface area contributed by atoms with Crippen LogP contribution in [0.1, 0.15) is 26.5 Å². The molecule has 3 N–H and O–H groups in total. The third-order valence-electron chi connectivity index (χ3n) is 2.74. The third kappa shape index (κ3) is 3.41. The summed E-state index contributed by atoms with van der Waals surface area (Å²) in [6, 6.07) is 1.06. The van der Waals surface area contributed by atoms with E-state index in [1.165, 1.54) is 0 Å². The standard InChI is InChI=1S/C13H11F2N3O3/c14-9-5-7(8(13(20)21)6-10(9)15)12(19)18-2-1-11-16-3-4-17-11/h3-6H,1-2H2,(H,16,17)(H,18,19)(H,20,21). The van der Waals surface area contributed by atoms with E-state index in [9.17, 15) is 18.4 Å². The number of carbonyl (C=O) groups is 2. The molecule has 0 aliphatic carbocycles. The van der Waals surface area contributed by atoms with Crippen molar-refractivity contribution in [2.75, 3.05) is 6.54 Å². The molecule has 1 aromatic heterocycles. The average Bonchev–Trinajstić information content (AvgIpc) is 2.94. The Morgan fingerprint density at radius 1 is 1.24 bits per heavy atom. The van der Waals surface area contributed by atoms with Crippen molar-refractivity contribution in [2.24, 2.45) is 0 Å². The maximum atomic E-state index is 13.2. The number of halogens is 2. The second-order valence-electron chi connectivity index (χ2n) is 4.16. The van der Waals surface area contributed by atoms with Crippen molar-refractivity contribution in [3.05, 3.63) is 53.1 Å². The number of H-pyrrole nitrogens is 1. The predicted octanol–water partition coefficient (Wildman–Crippen LogP) is 1.36. The normalized spacial score (nSPS) is 10.4. The molecule has 21 heavy (non-hydrogen) atoms. The van der Waals surface area contributed by atoms with Crippen LogP contribution in [0.3, 0.4) is 0 Å². The highest BCUT2D eigenvalue weighted by Crippen LogP contribution is 2.15. The second-order valence-corrected chi connectivity index (χ2v) is 4.16. The molecular weight excluding hydrogens is 284 g/mol. The topological polar surface area (TPSA) is 95.1 Å². The number of amides is 1. The number of carboxylic acid groups (broad SMARTS) is 1. The van der Waals surface area contributed by atoms with E-state index in [2.05, 4.69) is 15.3 Å². The van der Waals surface area contributed by atoms with Crippen LogP contribution < -0.4 is 5.32 Å². The van der Waals surface area contributed by atoms with Crippen LogP contribution in [0, 0.1) is 11.6 Å². The Balaban J connectivity index is 2.11. The van der Waals surface area contributed by atoms with Gasteiger partial charge in [0.05, 0.1) is 11.1 Å². The van der Waals surface area contributed by atoms with Gasteiger partial charge in [-0.2, -0.15) is 0 Å². The molecule has 1 heterocycles. The minimum absolute atomic E-state index is 0.171.